The van der Waals surface area contributed by atoms with E-state index in [1.54, 1.807) is 12.3 Å². The molecule has 1 aromatic heterocycles. The van der Waals surface area contributed by atoms with Crippen molar-refractivity contribution in [1.29, 1.82) is 0 Å². The van der Waals surface area contributed by atoms with Crippen LogP contribution in [0.3, 0.4) is 0 Å². The molecule has 0 saturated carbocycles. The molecule has 0 saturated heterocycles. The Morgan fingerprint density at radius 3 is 2.20 bits per heavy atom. The number of nitrogens with zero attached hydrogens (tertiary/aromatic N) is 1. The largest absolute Gasteiger partial charge is 0.494 e. The molecule has 2 rings (SSSR count). The van der Waals surface area contributed by atoms with Crippen molar-refractivity contribution >= 4 is 13.5 Å². The van der Waals surface area contributed by atoms with Crippen molar-refractivity contribution in [3.8, 4) is 11.5 Å². The maximum Gasteiger partial charge on any atom is 0.325 e. The number of rotatable bonds is 25. The highest BCUT2D eigenvalue weighted by Crippen LogP contribution is 2.35. The van der Waals surface area contributed by atoms with Gasteiger partial charge < -0.3 is 24.6 Å². The Kier molecular flexibility index (Phi) is 19.4. The first-order valence-corrected chi connectivity index (χ1v) is 18.4. The molecule has 1 aromatic carbocycles. The minimum absolute atomic E-state index is 0.0654. The van der Waals surface area contributed by atoms with Gasteiger partial charge in [0.05, 0.1) is 18.5 Å². The maximum absolute atomic E-state index is 12.7. The summed E-state index contributed by atoms with van der Waals surface area (Å²) in [6.07, 6.45) is 21.4. The Morgan fingerprint density at radius 1 is 0.886 bits per heavy atom. The Labute approximate surface area is 265 Å². The van der Waals surface area contributed by atoms with E-state index in [1.807, 2.05) is 37.3 Å². The van der Waals surface area contributed by atoms with Crippen LogP contribution in [0.4, 0.5) is 0 Å². The molecule has 246 valence electrons. The minimum atomic E-state index is -4.17. The zero-order valence-electron chi connectivity index (χ0n) is 26.9. The Bertz CT molecular complexity index is 1120. The Hall–Kier alpha value is -2.67. The minimum Gasteiger partial charge on any atom is -0.494 e. The number of hydrogen-bond acceptors (Lipinski definition) is 5. The van der Waals surface area contributed by atoms with Crippen LogP contribution >= 0.6 is 7.60 Å². The fourth-order valence-corrected chi connectivity index (χ4v) is 5.63. The summed E-state index contributed by atoms with van der Waals surface area (Å²) >= 11 is 0. The predicted octanol–water partition coefficient (Wildman–Crippen LogP) is 8.30. The number of carbonyl (C=O) groups is 1. The summed E-state index contributed by atoms with van der Waals surface area (Å²) in [4.78, 5) is 35.8. The number of pyridine rings is 1. The molecule has 9 heteroatoms. The van der Waals surface area contributed by atoms with Crippen molar-refractivity contribution in [3.05, 3.63) is 66.0 Å². The topological polar surface area (TPSA) is 118 Å². The van der Waals surface area contributed by atoms with Gasteiger partial charge in [0.1, 0.15) is 18.1 Å². The monoisotopic (exact) mass is 630 g/mol. The summed E-state index contributed by atoms with van der Waals surface area (Å²) < 4.78 is 22.9. The summed E-state index contributed by atoms with van der Waals surface area (Å²) in [6.45, 7) is 5.06. The molecule has 0 aliphatic carbocycles. The van der Waals surface area contributed by atoms with Gasteiger partial charge in [0, 0.05) is 24.7 Å². The van der Waals surface area contributed by atoms with Crippen LogP contribution in [0.1, 0.15) is 115 Å². The normalized spacial score (nSPS) is 12.4. The van der Waals surface area contributed by atoms with Crippen molar-refractivity contribution in [3.63, 3.8) is 0 Å². The Balaban J connectivity index is 1.70. The molecule has 1 amide bonds. The van der Waals surface area contributed by atoms with E-state index in [9.17, 15) is 19.1 Å². The molecular weight excluding hydrogens is 575 g/mol. The molecule has 0 aliphatic heterocycles. The summed E-state index contributed by atoms with van der Waals surface area (Å²) in [5.74, 6) is 1.37. The van der Waals surface area contributed by atoms with Crippen LogP contribution < -0.4 is 14.8 Å². The van der Waals surface area contributed by atoms with Gasteiger partial charge in [-0.2, -0.15) is 0 Å². The highest BCUT2D eigenvalue weighted by atomic mass is 31.2. The lowest BCUT2D eigenvalue weighted by atomic mass is 10.0. The lowest BCUT2D eigenvalue weighted by Gasteiger charge is -2.20. The van der Waals surface area contributed by atoms with Gasteiger partial charge in [-0.25, -0.2) is 0 Å². The predicted molar refractivity (Wildman–Crippen MR) is 178 cm³/mol. The average Bonchev–Trinajstić information content (AvgIpc) is 3.00. The van der Waals surface area contributed by atoms with Crippen LogP contribution in [0.2, 0.25) is 0 Å². The molecule has 0 bridgehead atoms. The number of carbonyl (C=O) groups excluding carboxylic acids is 1. The second-order valence-electron chi connectivity index (χ2n) is 11.5. The molecular formula is C35H55N2O6P. The molecule has 1 unspecified atom stereocenters. The molecule has 44 heavy (non-hydrogen) atoms. The Morgan fingerprint density at radius 2 is 1.55 bits per heavy atom. The van der Waals surface area contributed by atoms with E-state index in [-0.39, 0.29) is 24.5 Å². The van der Waals surface area contributed by atoms with Crippen molar-refractivity contribution in [2.75, 3.05) is 12.8 Å². The van der Waals surface area contributed by atoms with E-state index in [4.69, 9.17) is 9.47 Å². The van der Waals surface area contributed by atoms with Gasteiger partial charge in [-0.15, -0.1) is 0 Å². The van der Waals surface area contributed by atoms with Crippen LogP contribution in [-0.4, -0.2) is 39.5 Å². The standard InChI is InChI=1S/C35H55N2O6P/c1-3-5-6-7-8-9-10-11-12-13-14-15-16-17-18-35(38)37-31(24-26-44(39,40)41)27-30-19-21-33(22-20-30)43-29-32-28-34(42-4-2)23-25-36-32/h10-11,19-23,25,28,31H,3-9,12-18,24,26-27,29H2,1-2H3,(H,37,38)(H2,39,40,41)/b11-10-. The number of aromatic nitrogens is 1. The third-order valence-corrected chi connectivity index (χ3v) is 8.28. The number of unbranched alkanes of at least 4 members (excludes halogenated alkanes) is 10. The first kappa shape index (κ1) is 37.5. The maximum atomic E-state index is 12.7. The lowest BCUT2D eigenvalue weighted by molar-refractivity contribution is -0.121. The van der Waals surface area contributed by atoms with E-state index in [0.717, 1.165) is 42.7 Å². The van der Waals surface area contributed by atoms with E-state index in [0.29, 0.717) is 31.8 Å². The summed E-state index contributed by atoms with van der Waals surface area (Å²) in [5, 5.41) is 3.02. The highest BCUT2D eigenvalue weighted by molar-refractivity contribution is 7.51. The average molecular weight is 631 g/mol. The van der Waals surface area contributed by atoms with Crippen molar-refractivity contribution in [2.24, 2.45) is 0 Å². The van der Waals surface area contributed by atoms with Gasteiger partial charge in [-0.3, -0.25) is 14.3 Å². The van der Waals surface area contributed by atoms with Crippen LogP contribution in [-0.2, 0) is 22.4 Å². The molecule has 0 radical (unpaired) electrons. The molecule has 0 fully saturated rings. The van der Waals surface area contributed by atoms with Crippen LogP contribution in [0.15, 0.2) is 54.7 Å². The molecule has 8 nitrogen and oxygen atoms in total. The fourth-order valence-electron chi connectivity index (χ4n) is 4.98. The van der Waals surface area contributed by atoms with Crippen molar-refractivity contribution in [2.45, 2.75) is 123 Å². The molecule has 0 aliphatic rings. The first-order valence-electron chi connectivity index (χ1n) is 16.6. The number of amides is 1. The van der Waals surface area contributed by atoms with E-state index in [2.05, 4.69) is 29.4 Å². The molecule has 3 N–H and O–H groups in total. The van der Waals surface area contributed by atoms with Crippen LogP contribution in [0, 0.1) is 0 Å². The zero-order chi connectivity index (χ0) is 31.9. The van der Waals surface area contributed by atoms with Gasteiger partial charge in [-0.1, -0.05) is 76.2 Å². The number of nitrogens with one attached hydrogen (secondary N) is 1. The number of allylic oxidation sites excluding steroid dienone is 2. The molecule has 2 aromatic rings. The second kappa shape index (κ2) is 22.8. The zero-order valence-corrected chi connectivity index (χ0v) is 27.8. The lowest BCUT2D eigenvalue weighted by Crippen LogP contribution is -2.37. The number of benzene rings is 1. The van der Waals surface area contributed by atoms with Gasteiger partial charge in [0.15, 0.2) is 0 Å². The quantitative estimate of drug-likeness (QED) is 0.0574. The third-order valence-electron chi connectivity index (χ3n) is 7.44. The summed E-state index contributed by atoms with van der Waals surface area (Å²) in [6, 6.07) is 10.8. The fraction of sp³-hybridized carbons (Fsp3) is 0.600. The van der Waals surface area contributed by atoms with Crippen molar-refractivity contribution in [1.82, 2.24) is 10.3 Å². The third kappa shape index (κ3) is 18.9. The van der Waals surface area contributed by atoms with Gasteiger partial charge in [0.2, 0.25) is 5.91 Å². The number of ether oxygens (including phenoxy) is 2. The number of hydrogen-bond donors (Lipinski definition) is 3. The molecule has 1 atom stereocenters. The van der Waals surface area contributed by atoms with E-state index < -0.39 is 7.60 Å². The summed E-state index contributed by atoms with van der Waals surface area (Å²) in [7, 11) is -4.17. The molecule has 1 heterocycles. The van der Waals surface area contributed by atoms with Crippen LogP contribution in [0.5, 0.6) is 11.5 Å². The van der Waals surface area contributed by atoms with Gasteiger partial charge in [0.25, 0.3) is 0 Å². The smallest absolute Gasteiger partial charge is 0.325 e. The van der Waals surface area contributed by atoms with E-state index in [1.165, 1.54) is 51.4 Å². The highest BCUT2D eigenvalue weighted by Gasteiger charge is 2.19. The summed E-state index contributed by atoms with van der Waals surface area (Å²) in [5.41, 5.74) is 1.71. The SMILES string of the molecule is CCCCCCC/C=C\CCCCCCCC(=O)NC(CCP(=O)(O)O)Cc1ccc(OCc2cc(OCC)ccn2)cc1. The van der Waals surface area contributed by atoms with E-state index >= 15 is 0 Å². The van der Waals surface area contributed by atoms with Gasteiger partial charge in [-0.05, 0) is 75.6 Å². The molecule has 0 spiro atoms. The van der Waals surface area contributed by atoms with Crippen molar-refractivity contribution < 1.29 is 28.6 Å². The van der Waals surface area contributed by atoms with Crippen LogP contribution in [0.25, 0.3) is 0 Å². The second-order valence-corrected chi connectivity index (χ2v) is 13.3. The first-order chi connectivity index (χ1) is 21.3. The van der Waals surface area contributed by atoms with Gasteiger partial charge >= 0.3 is 7.60 Å².